The lowest BCUT2D eigenvalue weighted by molar-refractivity contribution is 0.00506. The second kappa shape index (κ2) is 7.53. The van der Waals surface area contributed by atoms with E-state index < -0.39 is 22.5 Å². The molecule has 1 aliphatic heterocycles. The van der Waals surface area contributed by atoms with Gasteiger partial charge in [-0.05, 0) is 55.5 Å². The number of ether oxygens (including phenoxy) is 2. The van der Waals surface area contributed by atoms with Crippen molar-refractivity contribution in [1.82, 2.24) is 0 Å². The van der Waals surface area contributed by atoms with E-state index in [-0.39, 0.29) is 29.9 Å². The molecule has 2 aromatic rings. The van der Waals surface area contributed by atoms with Crippen molar-refractivity contribution in [2.24, 2.45) is 5.92 Å². The summed E-state index contributed by atoms with van der Waals surface area (Å²) in [6.07, 6.45) is 1.65. The lowest BCUT2D eigenvalue weighted by atomic mass is 9.58. The zero-order valence-electron chi connectivity index (χ0n) is 14.9. The number of carbonyl (C=O) groups excluding carboxylic acids is 1. The molecule has 0 saturated heterocycles. The first-order valence-electron chi connectivity index (χ1n) is 9.11. The van der Waals surface area contributed by atoms with Crippen LogP contribution in [0, 0.1) is 17.6 Å². The maximum absolute atomic E-state index is 15.0. The molecule has 7 heteroatoms. The largest absolute Gasteiger partial charge is 0.490 e. The molecule has 1 fully saturated rings. The van der Waals surface area contributed by atoms with Crippen LogP contribution in [0.15, 0.2) is 36.4 Å². The molecule has 0 aromatic heterocycles. The highest BCUT2D eigenvalue weighted by Gasteiger charge is 2.51. The molecule has 0 N–H and O–H groups in total. The van der Waals surface area contributed by atoms with Gasteiger partial charge in [-0.15, -0.1) is 0 Å². The summed E-state index contributed by atoms with van der Waals surface area (Å²) in [7, 11) is 0. The van der Waals surface area contributed by atoms with Crippen LogP contribution < -0.4 is 4.74 Å². The molecule has 2 aromatic carbocycles. The lowest BCUT2D eigenvalue weighted by Crippen LogP contribution is -2.50. The summed E-state index contributed by atoms with van der Waals surface area (Å²) in [5.74, 6) is -1.22. The molecule has 4 rings (SSSR count). The molecule has 3 nitrogen and oxygen atoms in total. The highest BCUT2D eigenvalue weighted by atomic mass is 35.5. The monoisotopic (exact) mass is 426 g/mol. The number of halogens is 4. The van der Waals surface area contributed by atoms with Crippen LogP contribution in [-0.4, -0.2) is 18.1 Å². The van der Waals surface area contributed by atoms with E-state index in [2.05, 4.69) is 0 Å². The van der Waals surface area contributed by atoms with Gasteiger partial charge >= 0.3 is 5.43 Å². The third-order valence-corrected chi connectivity index (χ3v) is 6.26. The number of benzene rings is 2. The molecule has 148 valence electrons. The summed E-state index contributed by atoms with van der Waals surface area (Å²) in [4.78, 5) is 11.2. The highest BCUT2D eigenvalue weighted by Crippen LogP contribution is 2.53. The third-order valence-electron chi connectivity index (χ3n) is 5.92. The smallest absolute Gasteiger partial charge is 0.404 e. The van der Waals surface area contributed by atoms with E-state index >= 15 is 0 Å². The van der Waals surface area contributed by atoms with E-state index in [0.29, 0.717) is 30.7 Å². The van der Waals surface area contributed by atoms with E-state index in [0.717, 1.165) is 17.7 Å². The minimum atomic E-state index is -0.857. The maximum atomic E-state index is 15.0. The van der Waals surface area contributed by atoms with E-state index in [4.69, 9.17) is 32.7 Å². The van der Waals surface area contributed by atoms with Gasteiger partial charge in [0.05, 0.1) is 6.61 Å². The van der Waals surface area contributed by atoms with E-state index in [9.17, 15) is 13.6 Å². The Morgan fingerprint density at radius 2 is 1.89 bits per heavy atom. The van der Waals surface area contributed by atoms with Crippen LogP contribution in [0.5, 0.6) is 5.75 Å². The average molecular weight is 427 g/mol. The van der Waals surface area contributed by atoms with Crippen LogP contribution in [0.3, 0.4) is 0 Å². The SMILES string of the molecule is O=C(Cl)O[C@@H]1CC[C@@]2(Cc3ccc(Cl)cc3)c3c(F)ccc(F)c3OC[C@H]2C1. The molecule has 0 amide bonds. The zero-order chi connectivity index (χ0) is 19.9. The van der Waals surface area contributed by atoms with Crippen LogP contribution >= 0.6 is 23.2 Å². The molecule has 3 atom stereocenters. The van der Waals surface area contributed by atoms with Crippen molar-refractivity contribution in [2.75, 3.05) is 6.61 Å². The van der Waals surface area contributed by atoms with Gasteiger partial charge < -0.3 is 9.47 Å². The zero-order valence-corrected chi connectivity index (χ0v) is 16.4. The summed E-state index contributed by atoms with van der Waals surface area (Å²) >= 11 is 11.4. The fourth-order valence-electron chi connectivity index (χ4n) is 4.69. The minimum Gasteiger partial charge on any atom is -0.490 e. The molecule has 2 aliphatic rings. The van der Waals surface area contributed by atoms with E-state index in [1.165, 1.54) is 0 Å². The summed E-state index contributed by atoms with van der Waals surface area (Å²) in [5.41, 5.74) is -0.277. The van der Waals surface area contributed by atoms with Crippen molar-refractivity contribution in [3.05, 3.63) is 64.2 Å². The predicted molar refractivity (Wildman–Crippen MR) is 102 cm³/mol. The number of hydrogen-bond donors (Lipinski definition) is 0. The van der Waals surface area contributed by atoms with Crippen LogP contribution in [-0.2, 0) is 16.6 Å². The normalized spacial score (nSPS) is 26.0. The van der Waals surface area contributed by atoms with E-state index in [1.54, 1.807) is 12.1 Å². The van der Waals surface area contributed by atoms with Gasteiger partial charge in [-0.1, -0.05) is 23.7 Å². The third kappa shape index (κ3) is 3.46. The first-order valence-corrected chi connectivity index (χ1v) is 9.86. The lowest BCUT2D eigenvalue weighted by Gasteiger charge is -2.50. The Kier molecular flexibility index (Phi) is 5.23. The molecule has 1 heterocycles. The van der Waals surface area contributed by atoms with Gasteiger partial charge in [-0.25, -0.2) is 13.6 Å². The van der Waals surface area contributed by atoms with E-state index in [1.807, 2.05) is 12.1 Å². The van der Waals surface area contributed by atoms with Gasteiger partial charge in [0, 0.05) is 33.5 Å². The van der Waals surface area contributed by atoms with Crippen molar-refractivity contribution in [3.8, 4) is 5.75 Å². The first kappa shape index (κ1) is 19.5. The van der Waals surface area contributed by atoms with Crippen LogP contribution in [0.25, 0.3) is 0 Å². The van der Waals surface area contributed by atoms with Crippen molar-refractivity contribution in [1.29, 1.82) is 0 Å². The predicted octanol–water partition coefficient (Wildman–Crippen LogP) is 6.04. The van der Waals surface area contributed by atoms with Gasteiger partial charge in [-0.3, -0.25) is 0 Å². The molecular formula is C21H18Cl2F2O3. The second-order valence-electron chi connectivity index (χ2n) is 7.45. The quantitative estimate of drug-likeness (QED) is 0.561. The Morgan fingerprint density at radius 3 is 2.61 bits per heavy atom. The fourth-order valence-corrected chi connectivity index (χ4v) is 4.94. The molecule has 0 spiro atoms. The van der Waals surface area contributed by atoms with Gasteiger partial charge in [0.15, 0.2) is 11.6 Å². The van der Waals surface area contributed by atoms with Crippen molar-refractivity contribution in [3.63, 3.8) is 0 Å². The van der Waals surface area contributed by atoms with Crippen molar-refractivity contribution >= 4 is 28.6 Å². The minimum absolute atomic E-state index is 0.0157. The molecular weight excluding hydrogens is 409 g/mol. The van der Waals surface area contributed by atoms with Crippen molar-refractivity contribution in [2.45, 2.75) is 37.2 Å². The number of carbonyl (C=O) groups is 1. The Labute approximate surface area is 171 Å². The van der Waals surface area contributed by atoms with Crippen LogP contribution in [0.1, 0.15) is 30.4 Å². The molecule has 1 saturated carbocycles. The molecule has 0 unspecified atom stereocenters. The van der Waals surface area contributed by atoms with Gasteiger partial charge in [-0.2, -0.15) is 0 Å². The Bertz CT molecular complexity index is 903. The summed E-state index contributed by atoms with van der Waals surface area (Å²) in [6.45, 7) is 0.220. The number of fused-ring (bicyclic) bond motifs is 3. The highest BCUT2D eigenvalue weighted by molar-refractivity contribution is 6.61. The van der Waals surface area contributed by atoms with Crippen LogP contribution in [0.4, 0.5) is 13.6 Å². The fraction of sp³-hybridized carbons (Fsp3) is 0.381. The van der Waals surface area contributed by atoms with Gasteiger partial charge in [0.25, 0.3) is 0 Å². The second-order valence-corrected chi connectivity index (χ2v) is 8.20. The first-order chi connectivity index (χ1) is 13.4. The van der Waals surface area contributed by atoms with Crippen LogP contribution in [0.2, 0.25) is 5.02 Å². The molecule has 28 heavy (non-hydrogen) atoms. The topological polar surface area (TPSA) is 35.5 Å². The number of rotatable bonds is 3. The summed E-state index contributed by atoms with van der Waals surface area (Å²) in [6, 6.07) is 9.59. The Balaban J connectivity index is 1.78. The molecule has 0 bridgehead atoms. The van der Waals surface area contributed by atoms with Gasteiger partial charge in [0.1, 0.15) is 11.9 Å². The standard InChI is InChI=1S/C21H18Cl2F2O3/c22-14-3-1-12(2-4-14)10-21-8-7-15(28-20(23)26)9-13(21)11-27-19-17(25)6-5-16(24)18(19)21/h1-6,13,15H,7-11H2/t13-,15-,21+/m1/s1. The maximum Gasteiger partial charge on any atom is 0.404 e. The molecule has 0 radical (unpaired) electrons. The number of hydrogen-bond acceptors (Lipinski definition) is 3. The Hall–Kier alpha value is -1.85. The summed E-state index contributed by atoms with van der Waals surface area (Å²) in [5, 5.41) is 0.611. The molecule has 1 aliphatic carbocycles. The Morgan fingerprint density at radius 1 is 1.18 bits per heavy atom. The summed E-state index contributed by atoms with van der Waals surface area (Å²) < 4.78 is 40.2. The van der Waals surface area contributed by atoms with Crippen molar-refractivity contribution < 1.29 is 23.0 Å². The van der Waals surface area contributed by atoms with Gasteiger partial charge in [0.2, 0.25) is 0 Å². The average Bonchev–Trinajstić information content (AvgIpc) is 2.66.